The number of hydrogen-bond acceptors (Lipinski definition) is 6. The van der Waals surface area contributed by atoms with Gasteiger partial charge >= 0.3 is 12.1 Å². The molecule has 0 saturated heterocycles. The van der Waals surface area contributed by atoms with E-state index in [9.17, 15) is 22.0 Å². The van der Waals surface area contributed by atoms with Crippen LogP contribution >= 0.6 is 11.8 Å². The van der Waals surface area contributed by atoms with E-state index in [0.29, 0.717) is 23.4 Å². The summed E-state index contributed by atoms with van der Waals surface area (Å²) in [6, 6.07) is 10.8. The Labute approximate surface area is 194 Å². The van der Waals surface area contributed by atoms with E-state index in [1.54, 1.807) is 6.20 Å². The number of nitrogens with zero attached hydrogens (tertiary/aromatic N) is 4. The Balaban J connectivity index is 1.51. The SMILES string of the molecule is CCSc1cc(-c2ccc(C3CC3)cc2)cnc1-c1nc2cc(C(F)(F)C(F)(F)F)nnc2o1. The Morgan fingerprint density at radius 3 is 2.38 bits per heavy atom. The molecule has 0 atom stereocenters. The summed E-state index contributed by atoms with van der Waals surface area (Å²) in [5, 5.41) is 6.39. The van der Waals surface area contributed by atoms with Crippen LogP contribution in [0.15, 0.2) is 51.9 Å². The largest absolute Gasteiger partial charge is 0.459 e. The van der Waals surface area contributed by atoms with E-state index < -0.39 is 17.8 Å². The lowest BCUT2D eigenvalue weighted by Gasteiger charge is -2.17. The smallest absolute Gasteiger partial charge is 0.414 e. The van der Waals surface area contributed by atoms with Gasteiger partial charge in [-0.2, -0.15) is 22.0 Å². The molecule has 1 saturated carbocycles. The summed E-state index contributed by atoms with van der Waals surface area (Å²) in [5.74, 6) is -3.84. The van der Waals surface area contributed by atoms with Crippen molar-refractivity contribution in [2.24, 2.45) is 0 Å². The quantitative estimate of drug-likeness (QED) is 0.214. The van der Waals surface area contributed by atoms with E-state index in [2.05, 4.69) is 32.3 Å². The van der Waals surface area contributed by atoms with Crippen molar-refractivity contribution in [2.75, 3.05) is 5.75 Å². The molecule has 5 rings (SSSR count). The van der Waals surface area contributed by atoms with Crippen LogP contribution in [0.4, 0.5) is 22.0 Å². The van der Waals surface area contributed by atoms with Gasteiger partial charge in [-0.3, -0.25) is 0 Å². The average molecular weight is 492 g/mol. The van der Waals surface area contributed by atoms with Crippen molar-refractivity contribution in [3.05, 3.63) is 53.9 Å². The van der Waals surface area contributed by atoms with Gasteiger partial charge in [0, 0.05) is 16.7 Å². The Morgan fingerprint density at radius 1 is 1.00 bits per heavy atom. The maximum atomic E-state index is 13.7. The Kier molecular flexibility index (Phi) is 5.54. The first-order valence-electron chi connectivity index (χ1n) is 10.5. The Morgan fingerprint density at radius 2 is 1.74 bits per heavy atom. The molecule has 176 valence electrons. The molecule has 0 bridgehead atoms. The van der Waals surface area contributed by atoms with Gasteiger partial charge in [-0.25, -0.2) is 9.97 Å². The fraction of sp³-hybridized carbons (Fsp3) is 0.304. The highest BCUT2D eigenvalue weighted by Gasteiger charge is 2.60. The summed E-state index contributed by atoms with van der Waals surface area (Å²) in [6.45, 7) is 1.95. The van der Waals surface area contributed by atoms with Crippen molar-refractivity contribution in [3.63, 3.8) is 0 Å². The molecule has 0 amide bonds. The van der Waals surface area contributed by atoms with Crippen LogP contribution in [0.2, 0.25) is 0 Å². The molecule has 0 N–H and O–H groups in total. The van der Waals surface area contributed by atoms with E-state index >= 15 is 0 Å². The Hall–Kier alpha value is -3.08. The van der Waals surface area contributed by atoms with E-state index in [1.807, 2.05) is 25.1 Å². The minimum Gasteiger partial charge on any atom is -0.414 e. The summed E-state index contributed by atoms with van der Waals surface area (Å²) in [4.78, 5) is 9.27. The van der Waals surface area contributed by atoms with Crippen LogP contribution in [0.5, 0.6) is 0 Å². The summed E-state index contributed by atoms with van der Waals surface area (Å²) in [5.41, 5.74) is 1.46. The highest BCUT2D eigenvalue weighted by Crippen LogP contribution is 2.44. The molecule has 0 unspecified atom stereocenters. The summed E-state index contributed by atoms with van der Waals surface area (Å²) in [7, 11) is 0. The van der Waals surface area contributed by atoms with E-state index in [4.69, 9.17) is 4.42 Å². The predicted molar refractivity (Wildman–Crippen MR) is 117 cm³/mol. The lowest BCUT2D eigenvalue weighted by Crippen LogP contribution is -2.34. The summed E-state index contributed by atoms with van der Waals surface area (Å²) >= 11 is 1.48. The fourth-order valence-corrected chi connectivity index (χ4v) is 4.34. The molecule has 4 aromatic rings. The van der Waals surface area contributed by atoms with Gasteiger partial charge in [0.05, 0.1) is 0 Å². The summed E-state index contributed by atoms with van der Waals surface area (Å²) in [6.07, 6.45) is -1.72. The second-order valence-electron chi connectivity index (χ2n) is 7.91. The minimum atomic E-state index is -5.80. The topological polar surface area (TPSA) is 64.7 Å². The standard InChI is InChI=1S/C23H17F5N4OS/c1-2-34-17-9-15(14-7-5-13(6-8-14)12-3-4-12)11-29-19(17)21-30-16-10-18(31-32-20(16)33-21)22(24,25)23(26,27)28/h5-12H,2-4H2,1H3. The van der Waals surface area contributed by atoms with Crippen molar-refractivity contribution in [1.82, 2.24) is 20.2 Å². The first kappa shape index (κ1) is 22.7. The van der Waals surface area contributed by atoms with Gasteiger partial charge in [0.25, 0.3) is 5.71 Å². The molecule has 1 fully saturated rings. The molecule has 5 nitrogen and oxygen atoms in total. The number of halogens is 5. The van der Waals surface area contributed by atoms with Gasteiger partial charge < -0.3 is 4.42 Å². The molecule has 1 aliphatic rings. The number of thioether (sulfide) groups is 1. The molecule has 0 spiro atoms. The maximum absolute atomic E-state index is 13.7. The van der Waals surface area contributed by atoms with Gasteiger partial charge in [-0.15, -0.1) is 22.0 Å². The summed E-state index contributed by atoms with van der Waals surface area (Å²) < 4.78 is 70.9. The van der Waals surface area contributed by atoms with Crippen molar-refractivity contribution >= 4 is 23.0 Å². The van der Waals surface area contributed by atoms with E-state index in [0.717, 1.165) is 16.0 Å². The van der Waals surface area contributed by atoms with E-state index in [-0.39, 0.29) is 17.1 Å². The van der Waals surface area contributed by atoms with Gasteiger partial charge in [0.2, 0.25) is 5.89 Å². The predicted octanol–water partition coefficient (Wildman–Crippen LogP) is 6.99. The average Bonchev–Trinajstić information content (AvgIpc) is 3.57. The molecule has 0 radical (unpaired) electrons. The highest BCUT2D eigenvalue weighted by molar-refractivity contribution is 7.99. The number of benzene rings is 1. The van der Waals surface area contributed by atoms with E-state index in [1.165, 1.54) is 30.2 Å². The van der Waals surface area contributed by atoms with Crippen molar-refractivity contribution < 1.29 is 26.4 Å². The molecular formula is C23H17F5N4OS. The van der Waals surface area contributed by atoms with Crippen LogP contribution < -0.4 is 0 Å². The van der Waals surface area contributed by atoms with Crippen molar-refractivity contribution in [1.29, 1.82) is 0 Å². The number of alkyl halides is 5. The van der Waals surface area contributed by atoms with Gasteiger partial charge in [-0.1, -0.05) is 31.2 Å². The fourth-order valence-electron chi connectivity index (χ4n) is 3.54. The van der Waals surface area contributed by atoms with Crippen LogP contribution in [0.1, 0.15) is 36.9 Å². The van der Waals surface area contributed by atoms with Crippen LogP contribution in [-0.4, -0.2) is 32.1 Å². The number of rotatable bonds is 6. The second kappa shape index (κ2) is 8.30. The number of fused-ring (bicyclic) bond motifs is 1. The first-order chi connectivity index (χ1) is 16.2. The molecule has 0 aliphatic heterocycles. The maximum Gasteiger partial charge on any atom is 0.459 e. The Bertz CT molecular complexity index is 1350. The molecule has 1 aromatic carbocycles. The zero-order valence-electron chi connectivity index (χ0n) is 17.7. The molecule has 11 heteroatoms. The van der Waals surface area contributed by atoms with Gasteiger partial charge in [0.1, 0.15) is 16.9 Å². The van der Waals surface area contributed by atoms with Gasteiger partial charge in [0.15, 0.2) is 0 Å². The third-order valence-corrected chi connectivity index (χ3v) is 6.39. The van der Waals surface area contributed by atoms with Gasteiger partial charge in [-0.05, 0) is 47.8 Å². The number of hydrogen-bond donors (Lipinski definition) is 0. The lowest BCUT2D eigenvalue weighted by atomic mass is 10.0. The minimum absolute atomic E-state index is 0.0386. The van der Waals surface area contributed by atoms with Crippen LogP contribution in [0.3, 0.4) is 0 Å². The van der Waals surface area contributed by atoms with Crippen molar-refractivity contribution in [2.45, 2.75) is 42.7 Å². The molecule has 3 aromatic heterocycles. The van der Waals surface area contributed by atoms with Crippen LogP contribution in [0.25, 0.3) is 33.9 Å². The number of pyridine rings is 1. The molecule has 3 heterocycles. The van der Waals surface area contributed by atoms with Crippen molar-refractivity contribution in [3.8, 4) is 22.7 Å². The third kappa shape index (κ3) is 4.13. The first-order valence-corrected chi connectivity index (χ1v) is 11.5. The molecular weight excluding hydrogens is 475 g/mol. The monoisotopic (exact) mass is 492 g/mol. The zero-order chi connectivity index (χ0) is 24.1. The van der Waals surface area contributed by atoms with Crippen LogP contribution in [-0.2, 0) is 5.92 Å². The second-order valence-corrected chi connectivity index (χ2v) is 9.22. The molecule has 1 aliphatic carbocycles. The highest BCUT2D eigenvalue weighted by atomic mass is 32.2. The lowest BCUT2D eigenvalue weighted by molar-refractivity contribution is -0.291. The number of oxazole rings is 1. The number of aromatic nitrogens is 4. The normalized spacial score (nSPS) is 14.6. The zero-order valence-corrected chi connectivity index (χ0v) is 18.6. The van der Waals surface area contributed by atoms with Crippen LogP contribution in [0, 0.1) is 0 Å². The third-order valence-electron chi connectivity index (χ3n) is 5.48. The molecule has 34 heavy (non-hydrogen) atoms.